The van der Waals surface area contributed by atoms with E-state index >= 15 is 0 Å². The Morgan fingerprint density at radius 2 is 2.04 bits per heavy atom. The molecule has 1 aromatic heterocycles. The van der Waals surface area contributed by atoms with Gasteiger partial charge < -0.3 is 10.2 Å². The fourth-order valence-corrected chi connectivity index (χ4v) is 3.54. The highest BCUT2D eigenvalue weighted by atomic mass is 16.2. The number of hydrogen-bond acceptors (Lipinski definition) is 4. The molecule has 1 amide bonds. The summed E-state index contributed by atoms with van der Waals surface area (Å²) in [5.74, 6) is 0.724. The molecule has 0 unspecified atom stereocenters. The molecule has 1 N–H and O–H groups in total. The summed E-state index contributed by atoms with van der Waals surface area (Å²) >= 11 is 0. The van der Waals surface area contributed by atoms with E-state index in [1.807, 2.05) is 30.0 Å². The molecule has 1 atom stereocenters. The van der Waals surface area contributed by atoms with Gasteiger partial charge in [-0.05, 0) is 18.9 Å². The van der Waals surface area contributed by atoms with Crippen molar-refractivity contribution in [1.82, 2.24) is 24.6 Å². The van der Waals surface area contributed by atoms with E-state index in [0.29, 0.717) is 19.6 Å². The summed E-state index contributed by atoms with van der Waals surface area (Å²) < 4.78 is 3.00. The number of rotatable bonds is 7. The first-order valence-electron chi connectivity index (χ1n) is 9.86. The van der Waals surface area contributed by atoms with Crippen LogP contribution in [-0.2, 0) is 24.3 Å². The van der Waals surface area contributed by atoms with Crippen LogP contribution < -0.4 is 11.0 Å². The average Bonchev–Trinajstić information content (AvgIpc) is 3.01. The minimum Gasteiger partial charge on any atom is -0.338 e. The van der Waals surface area contributed by atoms with Crippen molar-refractivity contribution in [1.29, 1.82) is 0 Å². The average molecular weight is 371 g/mol. The summed E-state index contributed by atoms with van der Waals surface area (Å²) in [5.41, 5.74) is 0.982. The second kappa shape index (κ2) is 8.99. The highest BCUT2D eigenvalue weighted by molar-refractivity contribution is 5.76. The van der Waals surface area contributed by atoms with Crippen LogP contribution >= 0.6 is 0 Å². The molecule has 2 heterocycles. The Bertz CT molecular complexity index is 812. The van der Waals surface area contributed by atoms with Crippen molar-refractivity contribution in [2.24, 2.45) is 0 Å². The minimum atomic E-state index is -0.188. The highest BCUT2D eigenvalue weighted by Crippen LogP contribution is 2.17. The first-order valence-corrected chi connectivity index (χ1v) is 9.86. The molecule has 0 spiro atoms. The molecule has 3 rings (SSSR count). The van der Waals surface area contributed by atoms with Crippen LogP contribution in [0.1, 0.15) is 44.1 Å². The van der Waals surface area contributed by atoms with Crippen molar-refractivity contribution in [3.05, 3.63) is 52.2 Å². The van der Waals surface area contributed by atoms with Crippen LogP contribution in [0.3, 0.4) is 0 Å². The molecule has 1 aliphatic heterocycles. The predicted molar refractivity (Wildman–Crippen MR) is 105 cm³/mol. The van der Waals surface area contributed by atoms with Gasteiger partial charge in [-0.25, -0.2) is 9.48 Å². The zero-order chi connectivity index (χ0) is 19.2. The van der Waals surface area contributed by atoms with Gasteiger partial charge in [0.25, 0.3) is 0 Å². The molecule has 0 bridgehead atoms. The molecule has 27 heavy (non-hydrogen) atoms. The fraction of sp³-hybridized carbons (Fsp3) is 0.550. The minimum absolute atomic E-state index is 0.00642. The summed E-state index contributed by atoms with van der Waals surface area (Å²) in [4.78, 5) is 27.2. The molecule has 2 aromatic rings. The number of aromatic nitrogens is 3. The molecule has 0 aliphatic carbocycles. The molecule has 1 fully saturated rings. The molecular formula is C20H29N5O2. The summed E-state index contributed by atoms with van der Waals surface area (Å²) in [6.07, 6.45) is 2.80. The van der Waals surface area contributed by atoms with Crippen LogP contribution in [0.5, 0.6) is 0 Å². The van der Waals surface area contributed by atoms with Crippen molar-refractivity contribution in [2.45, 2.75) is 52.2 Å². The van der Waals surface area contributed by atoms with Crippen molar-refractivity contribution in [3.8, 4) is 0 Å². The number of aryl methyl sites for hydroxylation is 1. The molecule has 1 aromatic carbocycles. The molecule has 1 aliphatic rings. The second-order valence-electron chi connectivity index (χ2n) is 6.96. The first kappa shape index (κ1) is 19.4. The predicted octanol–water partition coefficient (Wildman–Crippen LogP) is 1.58. The maximum absolute atomic E-state index is 12.8. The number of benzene rings is 1. The number of amides is 1. The quantitative estimate of drug-likeness (QED) is 0.802. The number of hydrogen-bond donors (Lipinski definition) is 1. The van der Waals surface area contributed by atoms with Crippen LogP contribution in [0.25, 0.3) is 0 Å². The normalized spacial score (nSPS) is 17.3. The van der Waals surface area contributed by atoms with E-state index in [0.717, 1.165) is 31.6 Å². The Balaban J connectivity index is 1.69. The fourth-order valence-electron chi connectivity index (χ4n) is 3.54. The monoisotopic (exact) mass is 371 g/mol. The standard InChI is InChI=1S/C20H29N5O2/c1-3-5-11-18-22-25(20(27)24(18)4-2)15-19(26)23-13-12-21-17(14-23)16-9-7-6-8-10-16/h6-10,17,21H,3-5,11-15H2,1-2H3/t17-/m0/s1. The van der Waals surface area contributed by atoms with Gasteiger partial charge in [-0.2, -0.15) is 5.10 Å². The topological polar surface area (TPSA) is 72.2 Å². The van der Waals surface area contributed by atoms with Crippen molar-refractivity contribution >= 4 is 5.91 Å². The summed E-state index contributed by atoms with van der Waals surface area (Å²) in [7, 11) is 0. The van der Waals surface area contributed by atoms with Crippen LogP contribution in [0.15, 0.2) is 35.1 Å². The van der Waals surface area contributed by atoms with Crippen LogP contribution in [0.4, 0.5) is 0 Å². The summed E-state index contributed by atoms with van der Waals surface area (Å²) in [6.45, 7) is 6.63. The van der Waals surface area contributed by atoms with Crippen molar-refractivity contribution in [3.63, 3.8) is 0 Å². The molecule has 146 valence electrons. The smallest absolute Gasteiger partial charge is 0.338 e. The third-order valence-corrected chi connectivity index (χ3v) is 5.08. The largest absolute Gasteiger partial charge is 0.346 e. The van der Waals surface area contributed by atoms with Crippen molar-refractivity contribution < 1.29 is 4.79 Å². The highest BCUT2D eigenvalue weighted by Gasteiger charge is 2.25. The summed E-state index contributed by atoms with van der Waals surface area (Å²) in [5, 5.41) is 7.89. The Labute approximate surface area is 160 Å². The summed E-state index contributed by atoms with van der Waals surface area (Å²) in [6, 6.07) is 10.3. The van der Waals surface area contributed by atoms with Gasteiger partial charge in [0.1, 0.15) is 12.4 Å². The van der Waals surface area contributed by atoms with Gasteiger partial charge in [0.05, 0.1) is 0 Å². The van der Waals surface area contributed by atoms with E-state index in [2.05, 4.69) is 29.5 Å². The number of carbonyl (C=O) groups is 1. The zero-order valence-corrected chi connectivity index (χ0v) is 16.2. The lowest BCUT2D eigenvalue weighted by Gasteiger charge is -2.34. The first-order chi connectivity index (χ1) is 13.1. The van der Waals surface area contributed by atoms with Gasteiger partial charge in [0.2, 0.25) is 5.91 Å². The van der Waals surface area contributed by atoms with Gasteiger partial charge in [0, 0.05) is 38.6 Å². The Hall–Kier alpha value is -2.41. The third kappa shape index (κ3) is 4.47. The van der Waals surface area contributed by atoms with E-state index < -0.39 is 0 Å². The number of nitrogens with zero attached hydrogens (tertiary/aromatic N) is 4. The zero-order valence-electron chi connectivity index (χ0n) is 16.2. The van der Waals surface area contributed by atoms with E-state index in [1.54, 1.807) is 4.57 Å². The maximum Gasteiger partial charge on any atom is 0.346 e. The Kier molecular flexibility index (Phi) is 6.45. The van der Waals surface area contributed by atoms with E-state index in [9.17, 15) is 9.59 Å². The van der Waals surface area contributed by atoms with Gasteiger partial charge >= 0.3 is 5.69 Å². The second-order valence-corrected chi connectivity index (χ2v) is 6.96. The lowest BCUT2D eigenvalue weighted by atomic mass is 10.0. The molecular weight excluding hydrogens is 342 g/mol. The van der Waals surface area contributed by atoms with Crippen LogP contribution in [0.2, 0.25) is 0 Å². The molecule has 7 nitrogen and oxygen atoms in total. The molecule has 1 saturated heterocycles. The SMILES string of the molecule is CCCCc1nn(CC(=O)N2CCN[C@H](c3ccccc3)C2)c(=O)n1CC. The van der Waals surface area contributed by atoms with Gasteiger partial charge in [-0.1, -0.05) is 43.7 Å². The molecule has 7 heteroatoms. The lowest BCUT2D eigenvalue weighted by molar-refractivity contribution is -0.133. The number of nitrogens with one attached hydrogen (secondary N) is 1. The number of piperazine rings is 1. The van der Waals surface area contributed by atoms with E-state index in [-0.39, 0.29) is 24.2 Å². The van der Waals surface area contributed by atoms with Crippen molar-refractivity contribution in [2.75, 3.05) is 19.6 Å². The molecule has 0 radical (unpaired) electrons. The van der Waals surface area contributed by atoms with E-state index in [1.165, 1.54) is 10.2 Å². The van der Waals surface area contributed by atoms with Crippen LogP contribution in [0, 0.1) is 0 Å². The lowest BCUT2D eigenvalue weighted by Crippen LogP contribution is -2.49. The number of carbonyl (C=O) groups excluding carboxylic acids is 1. The maximum atomic E-state index is 12.8. The van der Waals surface area contributed by atoms with E-state index in [4.69, 9.17) is 0 Å². The third-order valence-electron chi connectivity index (χ3n) is 5.08. The van der Waals surface area contributed by atoms with Crippen LogP contribution in [-0.4, -0.2) is 44.8 Å². The Morgan fingerprint density at radius 3 is 2.74 bits per heavy atom. The van der Waals surface area contributed by atoms with Gasteiger partial charge in [-0.15, -0.1) is 0 Å². The number of unbranched alkanes of at least 4 members (excludes halogenated alkanes) is 1. The van der Waals surface area contributed by atoms with Gasteiger partial charge in [-0.3, -0.25) is 9.36 Å². The Morgan fingerprint density at radius 1 is 1.26 bits per heavy atom. The molecule has 0 saturated carbocycles. The van der Waals surface area contributed by atoms with Gasteiger partial charge in [0.15, 0.2) is 0 Å².